The van der Waals surface area contributed by atoms with Crippen molar-refractivity contribution in [3.05, 3.63) is 18.0 Å². The fourth-order valence-electron chi connectivity index (χ4n) is 0.395. The zero-order valence-electron chi connectivity index (χ0n) is 4.73. The second-order valence-electron chi connectivity index (χ2n) is 1.53. The van der Waals surface area contributed by atoms with E-state index < -0.39 is 0 Å². The Bertz CT molecular complexity index is 78.6. The summed E-state index contributed by atoms with van der Waals surface area (Å²) in [5.74, 6) is 0. The Morgan fingerprint density at radius 1 is 1.75 bits per heavy atom. The predicted molar refractivity (Wildman–Crippen MR) is 35.6 cm³/mol. The zero-order valence-corrected chi connectivity index (χ0v) is 5.49. The summed E-state index contributed by atoms with van der Waals surface area (Å²) >= 11 is 5.30. The van der Waals surface area contributed by atoms with Gasteiger partial charge in [-0.15, -0.1) is 0 Å². The molecule has 0 unspecified atom stereocenters. The highest BCUT2D eigenvalue weighted by Crippen LogP contribution is 2.03. The van der Waals surface area contributed by atoms with E-state index in [1.165, 1.54) is 5.54 Å². The van der Waals surface area contributed by atoms with Crippen LogP contribution in [0.15, 0.2) is 11.1 Å². The summed E-state index contributed by atoms with van der Waals surface area (Å²) in [7, 11) is 0. The third kappa shape index (κ3) is 3.05. The second-order valence-corrected chi connectivity index (χ2v) is 1.75. The van der Waals surface area contributed by atoms with Gasteiger partial charge in [-0.3, -0.25) is 0 Å². The molecule has 0 saturated carbocycles. The van der Waals surface area contributed by atoms with Crippen LogP contribution in [-0.2, 0) is 0 Å². The molecule has 0 rings (SSSR count). The molecule has 0 aromatic heterocycles. The number of halogens is 1. The van der Waals surface area contributed by atoms with Crippen LogP contribution in [0.4, 0.5) is 0 Å². The molecule has 0 fully saturated rings. The first-order chi connectivity index (χ1) is 3.85. The Hall–Kier alpha value is -0.0100. The average molecular weight is 134 g/mol. The molecular formula is C6H10ClO. The molecule has 0 heterocycles. The minimum absolute atomic E-state index is 0.0546. The topological polar surface area (TPSA) is 20.2 Å². The molecule has 0 aliphatic carbocycles. The lowest BCUT2D eigenvalue weighted by Crippen LogP contribution is -1.87. The fourth-order valence-corrected chi connectivity index (χ4v) is 0.573. The lowest BCUT2D eigenvalue weighted by molar-refractivity contribution is 0.327. The van der Waals surface area contributed by atoms with Crippen molar-refractivity contribution >= 4 is 11.6 Å². The van der Waals surface area contributed by atoms with E-state index in [-0.39, 0.29) is 6.61 Å². The highest BCUT2D eigenvalue weighted by Gasteiger charge is 1.89. The van der Waals surface area contributed by atoms with E-state index in [0.29, 0.717) is 0 Å². The summed E-state index contributed by atoms with van der Waals surface area (Å²) in [6.45, 7) is 3.67. The molecule has 0 aromatic carbocycles. The van der Waals surface area contributed by atoms with E-state index in [1.54, 1.807) is 0 Å². The van der Waals surface area contributed by atoms with Crippen LogP contribution in [0.1, 0.15) is 12.8 Å². The molecule has 0 aromatic rings. The van der Waals surface area contributed by atoms with Crippen molar-refractivity contribution in [3.63, 3.8) is 0 Å². The molecular weight excluding hydrogens is 124 g/mol. The van der Waals surface area contributed by atoms with Crippen LogP contribution in [0.3, 0.4) is 0 Å². The van der Waals surface area contributed by atoms with Crippen LogP contribution in [0.2, 0.25) is 0 Å². The quantitative estimate of drug-likeness (QED) is 0.622. The first-order valence-electron chi connectivity index (χ1n) is 2.53. The summed E-state index contributed by atoms with van der Waals surface area (Å²) in [4.78, 5) is 0. The lowest BCUT2D eigenvalue weighted by atomic mass is 10.2. The van der Waals surface area contributed by atoms with E-state index >= 15 is 0 Å². The minimum Gasteiger partial charge on any atom is -0.392 e. The zero-order chi connectivity index (χ0) is 6.41. The third-order valence-electron chi connectivity index (χ3n) is 0.855. The van der Waals surface area contributed by atoms with Crippen LogP contribution >= 0.6 is 11.6 Å². The normalized spacial score (nSPS) is 12.1. The highest BCUT2D eigenvalue weighted by atomic mass is 35.5. The van der Waals surface area contributed by atoms with Gasteiger partial charge in [0.2, 0.25) is 0 Å². The van der Waals surface area contributed by atoms with Crippen molar-refractivity contribution < 1.29 is 5.11 Å². The molecule has 8 heavy (non-hydrogen) atoms. The Morgan fingerprint density at radius 3 is 2.50 bits per heavy atom. The maximum Gasteiger partial charge on any atom is 0.0653 e. The Kier molecular flexibility index (Phi) is 5.13. The molecule has 0 amide bonds. The van der Waals surface area contributed by atoms with Gasteiger partial charge in [0, 0.05) is 5.54 Å². The van der Waals surface area contributed by atoms with Gasteiger partial charge in [0.05, 0.1) is 6.61 Å². The summed E-state index contributed by atoms with van der Waals surface area (Å²) in [6.07, 6.45) is 1.58. The number of aliphatic hydroxyl groups is 1. The monoisotopic (exact) mass is 133 g/mol. The Labute approximate surface area is 55.0 Å². The van der Waals surface area contributed by atoms with Gasteiger partial charge in [0.25, 0.3) is 0 Å². The summed E-state index contributed by atoms with van der Waals surface area (Å²) in [5, 5.41) is 8.48. The van der Waals surface area contributed by atoms with Crippen molar-refractivity contribution in [2.75, 3.05) is 6.61 Å². The number of hydrogen-bond acceptors (Lipinski definition) is 1. The second kappa shape index (κ2) is 5.13. The van der Waals surface area contributed by atoms with E-state index in [0.717, 1.165) is 18.4 Å². The van der Waals surface area contributed by atoms with Crippen LogP contribution in [-0.4, -0.2) is 11.7 Å². The molecule has 0 atom stereocenters. The molecule has 1 radical (unpaired) electrons. The molecule has 2 heteroatoms. The van der Waals surface area contributed by atoms with E-state index in [2.05, 4.69) is 6.92 Å². The Morgan fingerprint density at radius 2 is 2.38 bits per heavy atom. The van der Waals surface area contributed by atoms with Crippen LogP contribution in [0.25, 0.3) is 0 Å². The summed E-state index contributed by atoms with van der Waals surface area (Å²) < 4.78 is 0. The van der Waals surface area contributed by atoms with Crippen LogP contribution in [0.5, 0.6) is 0 Å². The molecule has 0 saturated heterocycles. The predicted octanol–water partition coefficient (Wildman–Crippen LogP) is 1.72. The van der Waals surface area contributed by atoms with E-state index in [9.17, 15) is 0 Å². The highest BCUT2D eigenvalue weighted by molar-refractivity contribution is 6.25. The molecule has 0 spiro atoms. The molecule has 0 aliphatic heterocycles. The summed E-state index contributed by atoms with van der Waals surface area (Å²) in [6, 6.07) is 0. The van der Waals surface area contributed by atoms with Crippen molar-refractivity contribution in [3.8, 4) is 0 Å². The maximum atomic E-state index is 8.48. The van der Waals surface area contributed by atoms with E-state index in [1.807, 2.05) is 0 Å². The van der Waals surface area contributed by atoms with Gasteiger partial charge in [-0.2, -0.15) is 0 Å². The molecule has 0 aliphatic rings. The number of rotatable bonds is 3. The molecule has 47 valence electrons. The SMILES string of the molecule is [CH2]CCC(=CCl)CO. The first-order valence-corrected chi connectivity index (χ1v) is 2.97. The van der Waals surface area contributed by atoms with Gasteiger partial charge in [-0.25, -0.2) is 0 Å². The lowest BCUT2D eigenvalue weighted by Gasteiger charge is -1.95. The first kappa shape index (κ1) is 7.99. The van der Waals surface area contributed by atoms with Crippen molar-refractivity contribution in [1.29, 1.82) is 0 Å². The smallest absolute Gasteiger partial charge is 0.0653 e. The largest absolute Gasteiger partial charge is 0.392 e. The van der Waals surface area contributed by atoms with Gasteiger partial charge >= 0.3 is 0 Å². The maximum absolute atomic E-state index is 8.48. The van der Waals surface area contributed by atoms with Gasteiger partial charge in [0.1, 0.15) is 0 Å². The molecule has 1 N–H and O–H groups in total. The standard InChI is InChI=1S/C6H10ClO/c1-2-3-6(4-7)5-8/h4,8H,1-3,5H2. The number of hydrogen-bond donors (Lipinski definition) is 1. The van der Waals surface area contributed by atoms with Gasteiger partial charge in [0.15, 0.2) is 0 Å². The average Bonchev–Trinajstić information content (AvgIpc) is 1.83. The fraction of sp³-hybridized carbons (Fsp3) is 0.500. The van der Waals surface area contributed by atoms with E-state index in [4.69, 9.17) is 16.7 Å². The van der Waals surface area contributed by atoms with Crippen LogP contribution < -0.4 is 0 Å². The molecule has 1 nitrogen and oxygen atoms in total. The molecule has 0 bridgehead atoms. The van der Waals surface area contributed by atoms with Crippen molar-refractivity contribution in [2.24, 2.45) is 0 Å². The van der Waals surface area contributed by atoms with Gasteiger partial charge in [-0.05, 0) is 18.4 Å². The van der Waals surface area contributed by atoms with Crippen LogP contribution in [0, 0.1) is 6.92 Å². The number of aliphatic hydroxyl groups excluding tert-OH is 1. The van der Waals surface area contributed by atoms with Gasteiger partial charge in [-0.1, -0.05) is 18.5 Å². The summed E-state index contributed by atoms with van der Waals surface area (Å²) in [5.41, 5.74) is 2.26. The van der Waals surface area contributed by atoms with Crippen molar-refractivity contribution in [2.45, 2.75) is 12.8 Å². The minimum atomic E-state index is 0.0546. The van der Waals surface area contributed by atoms with Crippen molar-refractivity contribution in [1.82, 2.24) is 0 Å². The Balaban J connectivity index is 3.38. The third-order valence-corrected chi connectivity index (χ3v) is 1.16. The van der Waals surface area contributed by atoms with Gasteiger partial charge < -0.3 is 5.11 Å².